The Morgan fingerprint density at radius 3 is 2.73 bits per heavy atom. The molecule has 1 N–H and O–H groups in total. The fourth-order valence-corrected chi connectivity index (χ4v) is 2.31. The van der Waals surface area contributed by atoms with E-state index in [1.807, 2.05) is 6.92 Å². The van der Waals surface area contributed by atoms with Crippen molar-refractivity contribution in [2.24, 2.45) is 0 Å². The molecule has 2 rings (SSSR count). The lowest BCUT2D eigenvalue weighted by atomic mass is 10.1. The number of rotatable bonds is 4. The molecule has 0 aromatic heterocycles. The Hall–Kier alpha value is -1.60. The molecule has 1 aromatic carbocycles. The molecule has 1 aromatic rings. The summed E-state index contributed by atoms with van der Waals surface area (Å²) in [4.78, 5) is 14.2. The van der Waals surface area contributed by atoms with Crippen LogP contribution < -0.4 is 14.8 Å². The number of amides is 1. The van der Waals surface area contributed by atoms with Gasteiger partial charge in [0.2, 0.25) is 0 Å². The van der Waals surface area contributed by atoms with Gasteiger partial charge in [-0.1, -0.05) is 0 Å². The van der Waals surface area contributed by atoms with E-state index in [4.69, 9.17) is 4.74 Å². The number of ether oxygens (including phenoxy) is 2. The van der Waals surface area contributed by atoms with Crippen molar-refractivity contribution in [1.29, 1.82) is 0 Å². The second kappa shape index (κ2) is 8.14. The van der Waals surface area contributed by atoms with Crippen LogP contribution in [-0.2, 0) is 0 Å². The molecule has 1 fully saturated rings. The third-order valence-corrected chi connectivity index (χ3v) is 3.39. The predicted molar refractivity (Wildman–Crippen MR) is 80.2 cm³/mol. The summed E-state index contributed by atoms with van der Waals surface area (Å²) in [7, 11) is 1.35. The maximum Gasteiger partial charge on any atom is 0.387 e. The number of methoxy groups -OCH3 is 1. The number of hydrogen-bond acceptors (Lipinski definition) is 4. The zero-order valence-electron chi connectivity index (χ0n) is 12.3. The van der Waals surface area contributed by atoms with Crippen LogP contribution >= 0.6 is 12.4 Å². The molecule has 1 heterocycles. The van der Waals surface area contributed by atoms with Crippen molar-refractivity contribution in [3.63, 3.8) is 0 Å². The Labute approximate surface area is 134 Å². The number of piperazine rings is 1. The highest BCUT2D eigenvalue weighted by Crippen LogP contribution is 2.30. The highest BCUT2D eigenvalue weighted by Gasteiger charge is 2.25. The van der Waals surface area contributed by atoms with Crippen LogP contribution in [0.15, 0.2) is 18.2 Å². The molecule has 22 heavy (non-hydrogen) atoms. The van der Waals surface area contributed by atoms with Crippen molar-refractivity contribution < 1.29 is 23.0 Å². The highest BCUT2D eigenvalue weighted by molar-refractivity contribution is 5.95. The summed E-state index contributed by atoms with van der Waals surface area (Å²) >= 11 is 0. The number of nitrogens with one attached hydrogen (secondary N) is 1. The first-order valence-corrected chi connectivity index (χ1v) is 6.67. The molecule has 0 aliphatic carbocycles. The zero-order valence-corrected chi connectivity index (χ0v) is 13.2. The summed E-state index contributed by atoms with van der Waals surface area (Å²) < 4.78 is 34.2. The molecule has 5 nitrogen and oxygen atoms in total. The van der Waals surface area contributed by atoms with Gasteiger partial charge in [0.05, 0.1) is 7.11 Å². The summed E-state index contributed by atoms with van der Waals surface area (Å²) in [5.41, 5.74) is 0.306. The van der Waals surface area contributed by atoms with Gasteiger partial charge in [0.15, 0.2) is 11.5 Å². The molecule has 0 spiro atoms. The van der Waals surface area contributed by atoms with Crippen LogP contribution in [0.1, 0.15) is 17.3 Å². The average Bonchev–Trinajstić information content (AvgIpc) is 2.46. The number of alkyl halides is 2. The third-order valence-electron chi connectivity index (χ3n) is 3.39. The van der Waals surface area contributed by atoms with Crippen LogP contribution in [0, 0.1) is 0 Å². The lowest BCUT2D eigenvalue weighted by Gasteiger charge is -2.34. The largest absolute Gasteiger partial charge is 0.493 e. The fraction of sp³-hybridized carbons (Fsp3) is 0.500. The van der Waals surface area contributed by atoms with Crippen molar-refractivity contribution in [3.8, 4) is 11.5 Å². The Kier molecular flexibility index (Phi) is 6.83. The Bertz CT molecular complexity index is 517. The van der Waals surface area contributed by atoms with Gasteiger partial charge >= 0.3 is 6.61 Å². The Balaban J connectivity index is 0.00000242. The van der Waals surface area contributed by atoms with Gasteiger partial charge in [-0.15, -0.1) is 12.4 Å². The van der Waals surface area contributed by atoms with E-state index in [0.717, 1.165) is 0 Å². The number of carbonyl (C=O) groups is 1. The molecule has 0 unspecified atom stereocenters. The minimum atomic E-state index is -2.97. The van der Waals surface area contributed by atoms with Crippen LogP contribution in [0.3, 0.4) is 0 Å². The molecular formula is C14H19ClF2N2O3. The highest BCUT2D eigenvalue weighted by atomic mass is 35.5. The van der Waals surface area contributed by atoms with Gasteiger partial charge in [0.25, 0.3) is 5.91 Å². The van der Waals surface area contributed by atoms with Gasteiger partial charge in [-0.2, -0.15) is 8.78 Å². The van der Waals surface area contributed by atoms with E-state index in [1.165, 1.54) is 19.2 Å². The monoisotopic (exact) mass is 336 g/mol. The fourth-order valence-electron chi connectivity index (χ4n) is 2.31. The lowest BCUT2D eigenvalue weighted by Crippen LogP contribution is -2.52. The second-order valence-corrected chi connectivity index (χ2v) is 4.80. The normalized spacial score (nSPS) is 17.9. The summed E-state index contributed by atoms with van der Waals surface area (Å²) in [6.07, 6.45) is 0. The summed E-state index contributed by atoms with van der Waals surface area (Å²) in [6.45, 7) is 0.971. The summed E-state index contributed by atoms with van der Waals surface area (Å²) in [6, 6.07) is 4.35. The molecule has 1 saturated heterocycles. The molecule has 1 amide bonds. The van der Waals surface area contributed by atoms with E-state index in [9.17, 15) is 13.6 Å². The van der Waals surface area contributed by atoms with Gasteiger partial charge in [-0.3, -0.25) is 4.79 Å². The first-order valence-electron chi connectivity index (χ1n) is 6.67. The summed E-state index contributed by atoms with van der Waals surface area (Å²) in [5.74, 6) is -0.174. The van der Waals surface area contributed by atoms with Crippen molar-refractivity contribution in [3.05, 3.63) is 23.8 Å². The number of nitrogens with zero attached hydrogens (tertiary/aromatic N) is 1. The molecule has 1 aliphatic rings. The summed E-state index contributed by atoms with van der Waals surface area (Å²) in [5, 5.41) is 3.19. The molecule has 0 radical (unpaired) electrons. The van der Waals surface area contributed by atoms with Gasteiger partial charge in [-0.05, 0) is 25.1 Å². The van der Waals surface area contributed by atoms with Crippen LogP contribution in [0.5, 0.6) is 11.5 Å². The minimum absolute atomic E-state index is 0. The van der Waals surface area contributed by atoms with Gasteiger partial charge in [0, 0.05) is 31.2 Å². The van der Waals surface area contributed by atoms with E-state index in [0.29, 0.717) is 25.2 Å². The number of benzene rings is 1. The number of halogens is 3. The van der Waals surface area contributed by atoms with Crippen molar-refractivity contribution in [1.82, 2.24) is 10.2 Å². The van der Waals surface area contributed by atoms with Crippen molar-refractivity contribution in [2.75, 3.05) is 26.7 Å². The van der Waals surface area contributed by atoms with Gasteiger partial charge in [-0.25, -0.2) is 0 Å². The lowest BCUT2D eigenvalue weighted by molar-refractivity contribution is -0.0512. The van der Waals surface area contributed by atoms with Crippen LogP contribution in [0.4, 0.5) is 8.78 Å². The maximum atomic E-state index is 12.5. The van der Waals surface area contributed by atoms with Crippen LogP contribution in [0.25, 0.3) is 0 Å². The molecule has 124 valence electrons. The second-order valence-electron chi connectivity index (χ2n) is 4.80. The smallest absolute Gasteiger partial charge is 0.387 e. The quantitative estimate of drug-likeness (QED) is 0.915. The molecule has 0 bridgehead atoms. The molecule has 1 aliphatic heterocycles. The first-order chi connectivity index (χ1) is 10.0. The molecule has 1 atom stereocenters. The van der Waals surface area contributed by atoms with E-state index in [1.54, 1.807) is 11.0 Å². The van der Waals surface area contributed by atoms with Crippen molar-refractivity contribution >= 4 is 18.3 Å². The standard InChI is InChI=1S/C14H18F2N2O3.ClH/c1-9-8-17-5-6-18(9)13(19)10-3-4-11(20-2)12(7-10)21-14(15)16;/h3-4,7,9,14,17H,5-6,8H2,1-2H3;1H/t9-;/m1./s1. The average molecular weight is 337 g/mol. The molecule has 0 saturated carbocycles. The van der Waals surface area contributed by atoms with E-state index >= 15 is 0 Å². The third kappa shape index (κ3) is 4.20. The van der Waals surface area contributed by atoms with Gasteiger partial charge in [0.1, 0.15) is 0 Å². The van der Waals surface area contributed by atoms with Crippen LogP contribution in [0.2, 0.25) is 0 Å². The van der Waals surface area contributed by atoms with Crippen molar-refractivity contribution in [2.45, 2.75) is 19.6 Å². The minimum Gasteiger partial charge on any atom is -0.493 e. The van der Waals surface area contributed by atoms with E-state index in [-0.39, 0.29) is 35.9 Å². The van der Waals surface area contributed by atoms with E-state index < -0.39 is 6.61 Å². The Morgan fingerprint density at radius 1 is 1.41 bits per heavy atom. The zero-order chi connectivity index (χ0) is 15.4. The predicted octanol–water partition coefficient (Wildman–Crippen LogP) is 2.15. The van der Waals surface area contributed by atoms with Crippen LogP contribution in [-0.4, -0.2) is 50.2 Å². The molecular weight excluding hydrogens is 318 g/mol. The maximum absolute atomic E-state index is 12.5. The number of carbonyl (C=O) groups excluding carboxylic acids is 1. The number of hydrogen-bond donors (Lipinski definition) is 1. The SMILES string of the molecule is COc1ccc(C(=O)N2CCNC[C@H]2C)cc1OC(F)F.Cl. The van der Waals surface area contributed by atoms with E-state index in [2.05, 4.69) is 10.1 Å². The Morgan fingerprint density at radius 2 is 2.14 bits per heavy atom. The molecule has 8 heteroatoms. The van der Waals surface area contributed by atoms with Gasteiger partial charge < -0.3 is 19.7 Å². The first kappa shape index (κ1) is 18.4. The topological polar surface area (TPSA) is 50.8 Å².